The molecular weight excluding hydrogens is 340 g/mol. The summed E-state index contributed by atoms with van der Waals surface area (Å²) < 4.78 is 59.8. The van der Waals surface area contributed by atoms with Crippen molar-refractivity contribution in [1.29, 1.82) is 5.26 Å². The molecule has 5 nitrogen and oxygen atoms in total. The van der Waals surface area contributed by atoms with Gasteiger partial charge in [0.15, 0.2) is 6.10 Å². The zero-order valence-electron chi connectivity index (χ0n) is 13.3. The van der Waals surface area contributed by atoms with Crippen LogP contribution in [0.2, 0.25) is 0 Å². The molecule has 1 aromatic carbocycles. The molecule has 1 saturated heterocycles. The summed E-state index contributed by atoms with van der Waals surface area (Å²) in [5.74, 6) is -2.18. The van der Waals surface area contributed by atoms with Gasteiger partial charge in [-0.3, -0.25) is 4.99 Å². The van der Waals surface area contributed by atoms with Crippen molar-refractivity contribution in [2.24, 2.45) is 22.1 Å². The van der Waals surface area contributed by atoms with Gasteiger partial charge in [0.2, 0.25) is 0 Å². The number of nitrogens with zero attached hydrogens (tertiary/aromatic N) is 2. The monoisotopic (exact) mass is 356 g/mol. The standard InChI is InChI=1S/C16H16F4N4O/c1-14(6-21)5-10-12(16(18,19)20)25-7-15(10,24-13(14)23)9-4-8(22)2-3-11(9)17/h2-4,10,12H,5,7,22H2,1H3,(H2,23,24)/t10-,12+,14?,15-/m1/s1. The SMILES string of the molecule is CC1(C#N)C[C@@H]2[C@@H](C(F)(F)F)OC[C@]2(c2cc(N)ccc2F)N=C1N. The van der Waals surface area contributed by atoms with Crippen LogP contribution >= 0.6 is 0 Å². The Bertz CT molecular complexity index is 787. The van der Waals surface area contributed by atoms with Gasteiger partial charge < -0.3 is 16.2 Å². The summed E-state index contributed by atoms with van der Waals surface area (Å²) >= 11 is 0. The van der Waals surface area contributed by atoms with Crippen LogP contribution in [0, 0.1) is 28.5 Å². The molecule has 0 bridgehead atoms. The lowest BCUT2D eigenvalue weighted by atomic mass is 9.66. The van der Waals surface area contributed by atoms with E-state index >= 15 is 0 Å². The van der Waals surface area contributed by atoms with E-state index < -0.39 is 41.6 Å². The average Bonchev–Trinajstić information content (AvgIpc) is 2.89. The van der Waals surface area contributed by atoms with E-state index in [1.54, 1.807) is 0 Å². The minimum absolute atomic E-state index is 0.104. The van der Waals surface area contributed by atoms with Crippen LogP contribution in [0.3, 0.4) is 0 Å². The number of hydrogen-bond acceptors (Lipinski definition) is 5. The second-order valence-electron chi connectivity index (χ2n) is 6.69. The first-order valence-corrected chi connectivity index (χ1v) is 7.54. The van der Waals surface area contributed by atoms with Crippen molar-refractivity contribution in [3.05, 3.63) is 29.6 Å². The molecule has 25 heavy (non-hydrogen) atoms. The summed E-state index contributed by atoms with van der Waals surface area (Å²) in [5, 5.41) is 9.36. The highest BCUT2D eigenvalue weighted by Crippen LogP contribution is 2.55. The van der Waals surface area contributed by atoms with Gasteiger partial charge in [-0.15, -0.1) is 0 Å². The van der Waals surface area contributed by atoms with Crippen LogP contribution < -0.4 is 11.5 Å². The molecular formula is C16H16F4N4O. The quantitative estimate of drug-likeness (QED) is 0.597. The number of alkyl halides is 3. The molecule has 2 aliphatic rings. The fourth-order valence-corrected chi connectivity index (χ4v) is 3.60. The summed E-state index contributed by atoms with van der Waals surface area (Å²) in [7, 11) is 0. The molecule has 0 spiro atoms. The maximum Gasteiger partial charge on any atom is 0.415 e. The molecule has 0 amide bonds. The van der Waals surface area contributed by atoms with E-state index in [2.05, 4.69) is 4.99 Å². The molecule has 0 saturated carbocycles. The van der Waals surface area contributed by atoms with Crippen LogP contribution in [0.25, 0.3) is 0 Å². The number of fused-ring (bicyclic) bond motifs is 1. The van der Waals surface area contributed by atoms with Gasteiger partial charge in [0, 0.05) is 17.2 Å². The first-order valence-electron chi connectivity index (χ1n) is 7.54. The fourth-order valence-electron chi connectivity index (χ4n) is 3.60. The third kappa shape index (κ3) is 2.52. The molecule has 134 valence electrons. The molecule has 2 heterocycles. The average molecular weight is 356 g/mol. The second-order valence-corrected chi connectivity index (χ2v) is 6.69. The molecule has 1 aromatic rings. The van der Waals surface area contributed by atoms with E-state index in [9.17, 15) is 22.8 Å². The largest absolute Gasteiger partial charge is 0.415 e. The lowest BCUT2D eigenvalue weighted by Crippen LogP contribution is -2.51. The van der Waals surface area contributed by atoms with Crippen LogP contribution in [0.1, 0.15) is 18.9 Å². The Morgan fingerprint density at radius 2 is 2.04 bits per heavy atom. The summed E-state index contributed by atoms with van der Waals surface area (Å²) in [6, 6.07) is 5.53. The molecule has 0 radical (unpaired) electrons. The third-order valence-electron chi connectivity index (χ3n) is 5.00. The molecule has 0 aromatic heterocycles. The van der Waals surface area contributed by atoms with Crippen molar-refractivity contribution in [3.8, 4) is 6.07 Å². The number of rotatable bonds is 1. The van der Waals surface area contributed by atoms with E-state index in [0.29, 0.717) is 0 Å². The molecule has 1 unspecified atom stereocenters. The number of nitrogen functional groups attached to an aromatic ring is 1. The van der Waals surface area contributed by atoms with Crippen molar-refractivity contribution in [2.75, 3.05) is 12.3 Å². The van der Waals surface area contributed by atoms with Crippen molar-refractivity contribution in [2.45, 2.75) is 31.2 Å². The van der Waals surface area contributed by atoms with E-state index in [0.717, 1.165) is 6.07 Å². The number of ether oxygens (including phenoxy) is 1. The molecule has 4 atom stereocenters. The second kappa shape index (κ2) is 5.33. The summed E-state index contributed by atoms with van der Waals surface area (Å²) in [6.45, 7) is 0.918. The van der Waals surface area contributed by atoms with Gasteiger partial charge in [0.25, 0.3) is 0 Å². The van der Waals surface area contributed by atoms with Gasteiger partial charge in [-0.05, 0) is 31.5 Å². The lowest BCUT2D eigenvalue weighted by molar-refractivity contribution is -0.218. The Labute approximate surface area is 141 Å². The van der Waals surface area contributed by atoms with E-state index in [4.69, 9.17) is 16.2 Å². The van der Waals surface area contributed by atoms with Crippen LogP contribution in [-0.2, 0) is 10.3 Å². The number of benzene rings is 1. The Morgan fingerprint density at radius 3 is 2.64 bits per heavy atom. The number of amidine groups is 1. The minimum Gasteiger partial charge on any atom is -0.399 e. The number of nitriles is 1. The summed E-state index contributed by atoms with van der Waals surface area (Å²) in [5.41, 5.74) is 8.59. The van der Waals surface area contributed by atoms with Crippen LogP contribution in [0.5, 0.6) is 0 Å². The summed E-state index contributed by atoms with van der Waals surface area (Å²) in [6.07, 6.45) is -7.10. The van der Waals surface area contributed by atoms with Gasteiger partial charge >= 0.3 is 6.18 Å². The van der Waals surface area contributed by atoms with Gasteiger partial charge in [0.1, 0.15) is 22.6 Å². The van der Waals surface area contributed by atoms with Gasteiger partial charge in [-0.2, -0.15) is 18.4 Å². The topological polar surface area (TPSA) is 97.4 Å². The number of nitrogens with two attached hydrogens (primary N) is 2. The molecule has 3 rings (SSSR count). The van der Waals surface area contributed by atoms with Crippen molar-refractivity contribution in [3.63, 3.8) is 0 Å². The highest BCUT2D eigenvalue weighted by molar-refractivity contribution is 5.90. The zero-order valence-corrected chi connectivity index (χ0v) is 13.3. The Kier molecular flexibility index (Phi) is 3.73. The fraction of sp³-hybridized carbons (Fsp3) is 0.500. The number of halogens is 4. The molecule has 1 fully saturated rings. The van der Waals surface area contributed by atoms with E-state index in [1.165, 1.54) is 19.1 Å². The van der Waals surface area contributed by atoms with E-state index in [1.807, 2.05) is 6.07 Å². The van der Waals surface area contributed by atoms with Crippen LogP contribution in [0.15, 0.2) is 23.2 Å². The molecule has 4 N–H and O–H groups in total. The number of anilines is 1. The Balaban J connectivity index is 2.24. The number of hydrogen-bond donors (Lipinski definition) is 2. The normalized spacial score (nSPS) is 35.0. The van der Waals surface area contributed by atoms with Gasteiger partial charge in [0.05, 0.1) is 12.7 Å². The highest BCUT2D eigenvalue weighted by atomic mass is 19.4. The van der Waals surface area contributed by atoms with Crippen molar-refractivity contribution < 1.29 is 22.3 Å². The third-order valence-corrected chi connectivity index (χ3v) is 5.00. The van der Waals surface area contributed by atoms with Gasteiger partial charge in [-0.1, -0.05) is 0 Å². The maximum absolute atomic E-state index is 14.4. The maximum atomic E-state index is 14.4. The molecule has 9 heteroatoms. The Hall–Kier alpha value is -2.34. The smallest absolute Gasteiger partial charge is 0.399 e. The predicted octanol–water partition coefficient (Wildman–Crippen LogP) is 2.47. The first-order chi connectivity index (χ1) is 11.5. The zero-order chi connectivity index (χ0) is 18.6. The first kappa shape index (κ1) is 17.5. The highest BCUT2D eigenvalue weighted by Gasteiger charge is 2.64. The van der Waals surface area contributed by atoms with E-state index in [-0.39, 0.29) is 23.5 Å². The van der Waals surface area contributed by atoms with Crippen molar-refractivity contribution in [1.82, 2.24) is 0 Å². The molecule has 0 aliphatic carbocycles. The van der Waals surface area contributed by atoms with Crippen molar-refractivity contribution >= 4 is 11.5 Å². The summed E-state index contributed by atoms with van der Waals surface area (Å²) in [4.78, 5) is 4.19. The van der Waals surface area contributed by atoms with Crippen LogP contribution in [0.4, 0.5) is 23.2 Å². The lowest BCUT2D eigenvalue weighted by Gasteiger charge is -2.41. The molecule has 2 aliphatic heterocycles. The Morgan fingerprint density at radius 1 is 1.36 bits per heavy atom. The van der Waals surface area contributed by atoms with Crippen LogP contribution in [-0.4, -0.2) is 24.7 Å². The minimum atomic E-state index is -4.68. The van der Waals surface area contributed by atoms with Gasteiger partial charge in [-0.25, -0.2) is 4.39 Å². The predicted molar refractivity (Wildman–Crippen MR) is 81.7 cm³/mol. The number of aliphatic imine (C=N–C) groups is 1.